The Bertz CT molecular complexity index is 528. The molecule has 0 aromatic heterocycles. The molecule has 0 radical (unpaired) electrons. The highest BCUT2D eigenvalue weighted by atomic mass is 32.2. The van der Waals surface area contributed by atoms with Crippen LogP contribution in [0.1, 0.15) is 12.5 Å². The molecule has 4 nitrogen and oxygen atoms in total. The molecule has 0 unspecified atom stereocenters. The largest absolute Gasteiger partial charge is 0.402 e. The first-order valence-corrected chi connectivity index (χ1v) is 6.91. The second-order valence-electron chi connectivity index (χ2n) is 3.85. The summed E-state index contributed by atoms with van der Waals surface area (Å²) in [4.78, 5) is -0.259. The number of hydrogen-bond acceptors (Lipinski definition) is 3. The average molecular weight is 297 g/mol. The van der Waals surface area contributed by atoms with E-state index in [0.717, 1.165) is 6.07 Å². The summed E-state index contributed by atoms with van der Waals surface area (Å²) >= 11 is 0. The van der Waals surface area contributed by atoms with Crippen molar-refractivity contribution >= 4 is 10.0 Å². The van der Waals surface area contributed by atoms with Gasteiger partial charge in [0.25, 0.3) is 0 Å². The van der Waals surface area contributed by atoms with Gasteiger partial charge in [0, 0.05) is 6.54 Å². The Morgan fingerprint density at radius 3 is 2.42 bits per heavy atom. The van der Waals surface area contributed by atoms with Crippen LogP contribution in [0.5, 0.6) is 0 Å². The lowest BCUT2D eigenvalue weighted by Crippen LogP contribution is -2.38. The Labute approximate surface area is 109 Å². The molecule has 0 heterocycles. The molecule has 0 spiro atoms. The molecule has 0 saturated heterocycles. The maximum atomic E-state index is 12.3. The van der Waals surface area contributed by atoms with Crippen molar-refractivity contribution in [2.45, 2.75) is 24.6 Å². The zero-order valence-corrected chi connectivity index (χ0v) is 11.0. The minimum Gasteiger partial charge on any atom is -0.392 e. The van der Waals surface area contributed by atoms with E-state index in [4.69, 9.17) is 5.11 Å². The lowest BCUT2D eigenvalue weighted by molar-refractivity contribution is -0.135. The van der Waals surface area contributed by atoms with Crippen LogP contribution in [0.3, 0.4) is 0 Å². The number of nitrogens with zero attached hydrogens (tertiary/aromatic N) is 1. The fourth-order valence-electron chi connectivity index (χ4n) is 1.52. The number of aliphatic hydroxyl groups is 1. The van der Waals surface area contributed by atoms with Crippen LogP contribution in [-0.4, -0.2) is 37.1 Å². The number of rotatable bonds is 5. The molecule has 1 aromatic carbocycles. The van der Waals surface area contributed by atoms with Gasteiger partial charge in [-0.05, 0) is 17.7 Å². The van der Waals surface area contributed by atoms with Gasteiger partial charge in [-0.1, -0.05) is 19.1 Å². The zero-order chi connectivity index (χ0) is 14.7. The number of sulfonamides is 1. The Kier molecular flexibility index (Phi) is 4.94. The first-order chi connectivity index (χ1) is 8.70. The summed E-state index contributed by atoms with van der Waals surface area (Å²) in [5.41, 5.74) is 0.323. The van der Waals surface area contributed by atoms with Crippen LogP contribution in [-0.2, 0) is 16.6 Å². The van der Waals surface area contributed by atoms with Crippen molar-refractivity contribution in [3.8, 4) is 0 Å². The minimum absolute atomic E-state index is 0.259. The molecule has 0 aliphatic rings. The second kappa shape index (κ2) is 5.89. The lowest BCUT2D eigenvalue weighted by atomic mass is 10.2. The third-order valence-corrected chi connectivity index (χ3v) is 4.34. The fourth-order valence-corrected chi connectivity index (χ4v) is 3.03. The van der Waals surface area contributed by atoms with Crippen molar-refractivity contribution in [3.63, 3.8) is 0 Å². The SMILES string of the molecule is CCN(CC(F)(F)F)S(=O)(=O)c1cccc(CO)c1. The molecule has 8 heteroatoms. The van der Waals surface area contributed by atoms with E-state index >= 15 is 0 Å². The van der Waals surface area contributed by atoms with Gasteiger partial charge < -0.3 is 5.11 Å². The van der Waals surface area contributed by atoms with Crippen LogP contribution >= 0.6 is 0 Å². The predicted octanol–water partition coefficient (Wildman–Crippen LogP) is 1.75. The van der Waals surface area contributed by atoms with Crippen molar-refractivity contribution in [1.82, 2.24) is 4.31 Å². The van der Waals surface area contributed by atoms with Gasteiger partial charge in [-0.25, -0.2) is 8.42 Å². The van der Waals surface area contributed by atoms with E-state index in [9.17, 15) is 21.6 Å². The molecule has 108 valence electrons. The van der Waals surface area contributed by atoms with Crippen molar-refractivity contribution in [3.05, 3.63) is 29.8 Å². The Hall–Kier alpha value is -1.12. The monoisotopic (exact) mass is 297 g/mol. The maximum Gasteiger partial charge on any atom is 0.402 e. The molecule has 0 bridgehead atoms. The first kappa shape index (κ1) is 15.9. The van der Waals surface area contributed by atoms with Crippen molar-refractivity contribution in [2.24, 2.45) is 0 Å². The lowest BCUT2D eigenvalue weighted by Gasteiger charge is -2.22. The Morgan fingerprint density at radius 2 is 1.95 bits per heavy atom. The van der Waals surface area contributed by atoms with Gasteiger partial charge >= 0.3 is 6.18 Å². The van der Waals surface area contributed by atoms with Gasteiger partial charge in [0.2, 0.25) is 10.0 Å². The predicted molar refractivity (Wildman–Crippen MR) is 62.9 cm³/mol. The number of benzene rings is 1. The van der Waals surface area contributed by atoms with E-state index in [1.54, 1.807) is 0 Å². The third kappa shape index (κ3) is 4.19. The summed E-state index contributed by atoms with van der Waals surface area (Å²) in [6.45, 7) is -0.867. The number of halogens is 3. The summed E-state index contributed by atoms with van der Waals surface area (Å²) in [6.07, 6.45) is -4.60. The van der Waals surface area contributed by atoms with Gasteiger partial charge in [-0.3, -0.25) is 0 Å². The molecule has 0 amide bonds. The van der Waals surface area contributed by atoms with Gasteiger partial charge in [0.05, 0.1) is 11.5 Å². The van der Waals surface area contributed by atoms with Gasteiger partial charge in [-0.15, -0.1) is 0 Å². The fraction of sp³-hybridized carbons (Fsp3) is 0.455. The molecular formula is C11H14F3NO3S. The molecule has 19 heavy (non-hydrogen) atoms. The standard InChI is InChI=1S/C11H14F3NO3S/c1-2-15(8-11(12,13)14)19(17,18)10-5-3-4-9(6-10)7-16/h3-6,16H,2,7-8H2,1H3. The highest BCUT2D eigenvalue weighted by Crippen LogP contribution is 2.23. The highest BCUT2D eigenvalue weighted by Gasteiger charge is 2.36. The van der Waals surface area contributed by atoms with E-state index in [2.05, 4.69) is 0 Å². The number of alkyl halides is 3. The average Bonchev–Trinajstić information content (AvgIpc) is 2.34. The molecule has 0 aliphatic heterocycles. The van der Waals surface area contributed by atoms with Crippen LogP contribution in [0.25, 0.3) is 0 Å². The second-order valence-corrected chi connectivity index (χ2v) is 5.79. The van der Waals surface area contributed by atoms with Crippen molar-refractivity contribution < 1.29 is 26.7 Å². The number of aliphatic hydroxyl groups excluding tert-OH is 1. The number of hydrogen-bond donors (Lipinski definition) is 1. The zero-order valence-electron chi connectivity index (χ0n) is 10.2. The highest BCUT2D eigenvalue weighted by molar-refractivity contribution is 7.89. The molecule has 0 aliphatic carbocycles. The molecule has 1 aromatic rings. The molecule has 1 rings (SSSR count). The smallest absolute Gasteiger partial charge is 0.392 e. The Balaban J connectivity index is 3.13. The van der Waals surface area contributed by atoms with Gasteiger partial charge in [0.1, 0.15) is 6.54 Å². The van der Waals surface area contributed by atoms with Crippen LogP contribution in [0.4, 0.5) is 13.2 Å². The third-order valence-electron chi connectivity index (χ3n) is 2.43. The molecule has 0 atom stereocenters. The van der Waals surface area contributed by atoms with Crippen LogP contribution in [0.15, 0.2) is 29.2 Å². The van der Waals surface area contributed by atoms with E-state index in [-0.39, 0.29) is 18.0 Å². The molecule has 0 saturated carbocycles. The van der Waals surface area contributed by atoms with Crippen molar-refractivity contribution in [2.75, 3.05) is 13.1 Å². The maximum absolute atomic E-state index is 12.3. The summed E-state index contributed by atoms with van der Waals surface area (Å²) < 4.78 is 61.5. The summed E-state index contributed by atoms with van der Waals surface area (Å²) in [5.74, 6) is 0. The quantitative estimate of drug-likeness (QED) is 0.901. The topological polar surface area (TPSA) is 57.6 Å². The van der Waals surface area contributed by atoms with E-state index in [1.807, 2.05) is 0 Å². The van der Waals surface area contributed by atoms with E-state index in [0.29, 0.717) is 9.87 Å². The normalized spacial score (nSPS) is 12.9. The van der Waals surface area contributed by atoms with Crippen LogP contribution in [0.2, 0.25) is 0 Å². The minimum atomic E-state index is -4.60. The van der Waals surface area contributed by atoms with Gasteiger partial charge in [-0.2, -0.15) is 17.5 Å². The van der Waals surface area contributed by atoms with Crippen molar-refractivity contribution in [1.29, 1.82) is 0 Å². The molecule has 1 N–H and O–H groups in total. The summed E-state index contributed by atoms with van der Waals surface area (Å²) in [5, 5.41) is 8.92. The summed E-state index contributed by atoms with van der Waals surface area (Å²) in [7, 11) is -4.21. The first-order valence-electron chi connectivity index (χ1n) is 5.47. The van der Waals surface area contributed by atoms with E-state index in [1.165, 1.54) is 25.1 Å². The molecule has 0 fully saturated rings. The van der Waals surface area contributed by atoms with Gasteiger partial charge in [0.15, 0.2) is 0 Å². The van der Waals surface area contributed by atoms with E-state index < -0.39 is 22.7 Å². The van der Waals surface area contributed by atoms with Crippen LogP contribution in [0, 0.1) is 0 Å². The Morgan fingerprint density at radius 1 is 1.32 bits per heavy atom. The van der Waals surface area contributed by atoms with Crippen LogP contribution < -0.4 is 0 Å². The summed E-state index contributed by atoms with van der Waals surface area (Å²) in [6, 6.07) is 5.22. The molecular weight excluding hydrogens is 283 g/mol.